The lowest BCUT2D eigenvalue weighted by atomic mass is 10.3. The van der Waals surface area contributed by atoms with Crippen LogP contribution in [-0.4, -0.2) is 28.5 Å². The number of anilines is 1. The second-order valence-corrected chi connectivity index (χ2v) is 7.06. The van der Waals surface area contributed by atoms with Crippen molar-refractivity contribution in [2.24, 2.45) is 0 Å². The van der Waals surface area contributed by atoms with Gasteiger partial charge in [0.2, 0.25) is 5.91 Å². The molecule has 7 heteroatoms. The molecule has 5 nitrogen and oxygen atoms in total. The number of benzene rings is 1. The molecule has 118 valence electrons. The van der Waals surface area contributed by atoms with Crippen molar-refractivity contribution >= 4 is 34.7 Å². The zero-order valence-corrected chi connectivity index (χ0v) is 14.3. The summed E-state index contributed by atoms with van der Waals surface area (Å²) in [4.78, 5) is 11.9. The molecule has 0 saturated carbocycles. The number of nitrogens with one attached hydrogen (secondary N) is 1. The van der Waals surface area contributed by atoms with Crippen molar-refractivity contribution in [3.05, 3.63) is 29.3 Å². The SMILES string of the molecule is CCCCOc1cccc(NC(=O)CSc2nnc(C)s2)c1. The molecule has 0 fully saturated rings. The Morgan fingerprint density at radius 1 is 1.41 bits per heavy atom. The van der Waals surface area contributed by atoms with E-state index in [2.05, 4.69) is 22.4 Å². The van der Waals surface area contributed by atoms with Crippen molar-refractivity contribution in [2.45, 2.75) is 31.0 Å². The van der Waals surface area contributed by atoms with Crippen LogP contribution in [0.3, 0.4) is 0 Å². The molecule has 1 N–H and O–H groups in total. The number of amides is 1. The number of carbonyl (C=O) groups excluding carboxylic acids is 1. The summed E-state index contributed by atoms with van der Waals surface area (Å²) < 4.78 is 6.44. The predicted octanol–water partition coefficient (Wildman–Crippen LogP) is 3.76. The average molecular weight is 337 g/mol. The van der Waals surface area contributed by atoms with Crippen LogP contribution in [0.25, 0.3) is 0 Å². The second-order valence-electron chi connectivity index (χ2n) is 4.65. The number of nitrogens with zero attached hydrogens (tertiary/aromatic N) is 2. The molecule has 0 radical (unpaired) electrons. The molecule has 2 rings (SSSR count). The Morgan fingerprint density at radius 3 is 3.00 bits per heavy atom. The van der Waals surface area contributed by atoms with E-state index >= 15 is 0 Å². The van der Waals surface area contributed by atoms with Gasteiger partial charge in [0.25, 0.3) is 0 Å². The third-order valence-electron chi connectivity index (χ3n) is 2.72. The van der Waals surface area contributed by atoms with Gasteiger partial charge in [0.05, 0.1) is 12.4 Å². The number of thioether (sulfide) groups is 1. The van der Waals surface area contributed by atoms with Gasteiger partial charge < -0.3 is 10.1 Å². The van der Waals surface area contributed by atoms with Gasteiger partial charge in [-0.05, 0) is 25.5 Å². The molecule has 1 amide bonds. The molecule has 0 bridgehead atoms. The van der Waals surface area contributed by atoms with Crippen LogP contribution < -0.4 is 10.1 Å². The molecule has 0 aliphatic carbocycles. The summed E-state index contributed by atoms with van der Waals surface area (Å²) in [5.41, 5.74) is 0.744. The molecule has 0 unspecified atom stereocenters. The fourth-order valence-electron chi connectivity index (χ4n) is 1.66. The molecule has 0 aliphatic heterocycles. The monoisotopic (exact) mass is 337 g/mol. The summed E-state index contributed by atoms with van der Waals surface area (Å²) in [6.45, 7) is 4.71. The molecule has 0 spiro atoms. The van der Waals surface area contributed by atoms with Crippen molar-refractivity contribution in [1.82, 2.24) is 10.2 Å². The Bertz CT molecular complexity index is 616. The molecule has 0 atom stereocenters. The highest BCUT2D eigenvalue weighted by Gasteiger charge is 2.07. The van der Waals surface area contributed by atoms with Crippen molar-refractivity contribution in [1.29, 1.82) is 0 Å². The quantitative estimate of drug-likeness (QED) is 0.587. The van der Waals surface area contributed by atoms with E-state index in [1.807, 2.05) is 31.2 Å². The van der Waals surface area contributed by atoms with Crippen LogP contribution in [0.5, 0.6) is 5.75 Å². The van der Waals surface area contributed by atoms with Crippen LogP contribution in [0.2, 0.25) is 0 Å². The fourth-order valence-corrected chi connectivity index (χ4v) is 3.27. The second kappa shape index (κ2) is 8.75. The fraction of sp³-hybridized carbons (Fsp3) is 0.400. The van der Waals surface area contributed by atoms with E-state index in [1.54, 1.807) is 0 Å². The maximum Gasteiger partial charge on any atom is 0.234 e. The molecule has 1 heterocycles. The summed E-state index contributed by atoms with van der Waals surface area (Å²) in [6.07, 6.45) is 2.12. The molecule has 1 aromatic heterocycles. The highest BCUT2D eigenvalue weighted by Crippen LogP contribution is 2.22. The van der Waals surface area contributed by atoms with E-state index in [-0.39, 0.29) is 5.91 Å². The maximum absolute atomic E-state index is 11.9. The molecule has 0 saturated heterocycles. The van der Waals surface area contributed by atoms with Crippen LogP contribution in [0, 0.1) is 6.92 Å². The third-order valence-corrected chi connectivity index (χ3v) is 4.69. The molecule has 0 aliphatic rings. The summed E-state index contributed by atoms with van der Waals surface area (Å²) >= 11 is 2.88. The highest BCUT2D eigenvalue weighted by molar-refractivity contribution is 8.01. The van der Waals surface area contributed by atoms with E-state index in [0.717, 1.165) is 33.6 Å². The number of rotatable bonds is 8. The van der Waals surface area contributed by atoms with Crippen molar-refractivity contribution in [3.8, 4) is 5.75 Å². The Kier molecular flexibility index (Phi) is 6.67. The Morgan fingerprint density at radius 2 is 2.27 bits per heavy atom. The van der Waals surface area contributed by atoms with Crippen LogP contribution >= 0.6 is 23.1 Å². The zero-order valence-electron chi connectivity index (χ0n) is 12.7. The minimum absolute atomic E-state index is 0.0661. The normalized spacial score (nSPS) is 10.5. The first-order chi connectivity index (χ1) is 10.7. The molecular formula is C15H19N3O2S2. The average Bonchev–Trinajstić information content (AvgIpc) is 2.92. The number of carbonyl (C=O) groups is 1. The van der Waals surface area contributed by atoms with Crippen LogP contribution in [0.15, 0.2) is 28.6 Å². The van der Waals surface area contributed by atoms with Gasteiger partial charge in [0.1, 0.15) is 10.8 Å². The molecule has 2 aromatic rings. The summed E-state index contributed by atoms with van der Waals surface area (Å²) in [7, 11) is 0. The van der Waals surface area contributed by atoms with E-state index in [1.165, 1.54) is 23.1 Å². The number of aromatic nitrogens is 2. The summed E-state index contributed by atoms with van der Waals surface area (Å²) in [6, 6.07) is 7.46. The smallest absolute Gasteiger partial charge is 0.234 e. The Labute approximate surface area is 138 Å². The molecule has 1 aromatic carbocycles. The lowest BCUT2D eigenvalue weighted by Gasteiger charge is -2.08. The predicted molar refractivity (Wildman–Crippen MR) is 90.8 cm³/mol. The van der Waals surface area contributed by atoms with Gasteiger partial charge in [0, 0.05) is 11.8 Å². The lowest BCUT2D eigenvalue weighted by molar-refractivity contribution is -0.113. The van der Waals surface area contributed by atoms with Gasteiger partial charge >= 0.3 is 0 Å². The van der Waals surface area contributed by atoms with Crippen LogP contribution in [0.1, 0.15) is 24.8 Å². The first kappa shape index (κ1) is 16.8. The van der Waals surface area contributed by atoms with Crippen LogP contribution in [-0.2, 0) is 4.79 Å². The lowest BCUT2D eigenvalue weighted by Crippen LogP contribution is -2.14. The molecule has 22 heavy (non-hydrogen) atoms. The van der Waals surface area contributed by atoms with E-state index in [9.17, 15) is 4.79 Å². The van der Waals surface area contributed by atoms with E-state index in [4.69, 9.17) is 4.74 Å². The Hall–Kier alpha value is -1.60. The summed E-state index contributed by atoms with van der Waals surface area (Å²) in [5.74, 6) is 1.03. The van der Waals surface area contributed by atoms with Gasteiger partial charge in [-0.2, -0.15) is 0 Å². The van der Waals surface area contributed by atoms with Gasteiger partial charge in [-0.15, -0.1) is 10.2 Å². The van der Waals surface area contributed by atoms with Gasteiger partial charge in [-0.1, -0.05) is 42.5 Å². The number of unbranched alkanes of at least 4 members (excludes halogenated alkanes) is 1. The number of hydrogen-bond acceptors (Lipinski definition) is 6. The third kappa shape index (κ3) is 5.65. The summed E-state index contributed by atoms with van der Waals surface area (Å²) in [5, 5.41) is 11.7. The van der Waals surface area contributed by atoms with Crippen molar-refractivity contribution in [3.63, 3.8) is 0 Å². The standard InChI is InChI=1S/C15H19N3O2S2/c1-3-4-8-20-13-7-5-6-12(9-13)16-14(19)10-21-15-18-17-11(2)22-15/h5-7,9H,3-4,8,10H2,1-2H3,(H,16,19). The van der Waals surface area contributed by atoms with Crippen molar-refractivity contribution < 1.29 is 9.53 Å². The maximum atomic E-state index is 11.9. The van der Waals surface area contributed by atoms with Gasteiger partial charge in [-0.25, -0.2) is 0 Å². The Balaban J connectivity index is 1.81. The van der Waals surface area contributed by atoms with Gasteiger partial charge in [0.15, 0.2) is 4.34 Å². The van der Waals surface area contributed by atoms with Crippen molar-refractivity contribution in [2.75, 3.05) is 17.7 Å². The minimum Gasteiger partial charge on any atom is -0.494 e. The number of aryl methyl sites for hydroxylation is 1. The molecular weight excluding hydrogens is 318 g/mol. The number of hydrogen-bond donors (Lipinski definition) is 1. The largest absolute Gasteiger partial charge is 0.494 e. The topological polar surface area (TPSA) is 64.1 Å². The van der Waals surface area contributed by atoms with E-state index < -0.39 is 0 Å². The number of ether oxygens (including phenoxy) is 1. The first-order valence-electron chi connectivity index (χ1n) is 7.13. The van der Waals surface area contributed by atoms with E-state index in [0.29, 0.717) is 12.4 Å². The van der Waals surface area contributed by atoms with Crippen LogP contribution in [0.4, 0.5) is 5.69 Å². The minimum atomic E-state index is -0.0661. The first-order valence-corrected chi connectivity index (χ1v) is 8.93. The highest BCUT2D eigenvalue weighted by atomic mass is 32.2. The zero-order chi connectivity index (χ0) is 15.8. The van der Waals surface area contributed by atoms with Gasteiger partial charge in [-0.3, -0.25) is 4.79 Å².